The average molecular weight is 254 g/mol. The molecule has 1 amide bonds. The van der Waals surface area contributed by atoms with Gasteiger partial charge in [-0.3, -0.25) is 4.79 Å². The molecule has 2 aromatic rings. The molecule has 2 rings (SSSR count). The Morgan fingerprint density at radius 2 is 2.14 bits per heavy atom. The number of carbonyl (C=O) groups excluding carboxylic acids is 1. The molecule has 0 saturated carbocycles. The molecule has 14 heavy (non-hydrogen) atoms. The Hall–Kier alpha value is -1.29. The maximum absolute atomic E-state index is 10.9. The number of aryl methyl sites for hydroxylation is 1. The van der Waals surface area contributed by atoms with Crippen LogP contribution in [0.5, 0.6) is 0 Å². The van der Waals surface area contributed by atoms with Gasteiger partial charge in [-0.05, 0) is 46.6 Å². The number of carbonyl (C=O) groups is 1. The van der Waals surface area contributed by atoms with Gasteiger partial charge in [0.1, 0.15) is 5.58 Å². The molecule has 0 fully saturated rings. The highest BCUT2D eigenvalue weighted by atomic mass is 79.9. The smallest absolute Gasteiger partial charge is 0.284 e. The second kappa shape index (κ2) is 3.13. The van der Waals surface area contributed by atoms with E-state index in [0.29, 0.717) is 5.58 Å². The van der Waals surface area contributed by atoms with E-state index in [4.69, 9.17) is 10.2 Å². The van der Waals surface area contributed by atoms with Gasteiger partial charge in [-0.15, -0.1) is 0 Å². The maximum atomic E-state index is 10.9. The minimum Gasteiger partial charge on any atom is -0.450 e. The molecule has 1 heterocycles. The van der Waals surface area contributed by atoms with Crippen LogP contribution in [0, 0.1) is 6.92 Å². The molecule has 0 bridgehead atoms. The molecule has 1 aromatic heterocycles. The normalized spacial score (nSPS) is 10.7. The molecule has 0 aliphatic rings. The first-order valence-electron chi connectivity index (χ1n) is 4.07. The van der Waals surface area contributed by atoms with Crippen molar-refractivity contribution in [3.63, 3.8) is 0 Å². The molecular formula is C10H8BrNO2. The summed E-state index contributed by atoms with van der Waals surface area (Å²) in [5.41, 5.74) is 6.87. The van der Waals surface area contributed by atoms with Crippen LogP contribution < -0.4 is 5.73 Å². The zero-order valence-electron chi connectivity index (χ0n) is 7.50. The summed E-state index contributed by atoms with van der Waals surface area (Å²) in [5.74, 6) is -0.364. The molecule has 0 aliphatic heterocycles. The highest BCUT2D eigenvalue weighted by Crippen LogP contribution is 2.28. The van der Waals surface area contributed by atoms with E-state index in [9.17, 15) is 4.79 Å². The number of benzene rings is 1. The van der Waals surface area contributed by atoms with Gasteiger partial charge in [0, 0.05) is 5.39 Å². The molecule has 0 saturated heterocycles. The standard InChI is InChI=1S/C10H8BrNO2/c1-5-2-6-4-8(10(12)13)14-9(6)7(11)3-5/h2-4H,1H3,(H2,12,13). The van der Waals surface area contributed by atoms with E-state index >= 15 is 0 Å². The maximum Gasteiger partial charge on any atom is 0.284 e. The van der Waals surface area contributed by atoms with Crippen LogP contribution in [0.2, 0.25) is 0 Å². The van der Waals surface area contributed by atoms with Crippen LogP contribution in [0.4, 0.5) is 0 Å². The summed E-state index contributed by atoms with van der Waals surface area (Å²) in [6, 6.07) is 5.52. The largest absolute Gasteiger partial charge is 0.450 e. The lowest BCUT2D eigenvalue weighted by molar-refractivity contribution is 0.0976. The predicted molar refractivity (Wildman–Crippen MR) is 57.2 cm³/mol. The Morgan fingerprint density at radius 1 is 1.43 bits per heavy atom. The average Bonchev–Trinajstić information content (AvgIpc) is 2.47. The Labute approximate surface area is 89.0 Å². The van der Waals surface area contributed by atoms with Crippen LogP contribution in [0.1, 0.15) is 16.1 Å². The SMILES string of the molecule is Cc1cc(Br)c2oc(C(N)=O)cc2c1. The minimum absolute atomic E-state index is 0.186. The Morgan fingerprint density at radius 3 is 2.79 bits per heavy atom. The first kappa shape index (κ1) is 9.27. The van der Waals surface area contributed by atoms with Crippen molar-refractivity contribution in [1.82, 2.24) is 0 Å². The van der Waals surface area contributed by atoms with E-state index in [2.05, 4.69) is 15.9 Å². The summed E-state index contributed by atoms with van der Waals surface area (Å²) in [4.78, 5) is 10.9. The lowest BCUT2D eigenvalue weighted by atomic mass is 10.2. The Kier molecular flexibility index (Phi) is 2.07. The van der Waals surface area contributed by atoms with E-state index in [0.717, 1.165) is 15.4 Å². The van der Waals surface area contributed by atoms with Crippen molar-refractivity contribution in [2.24, 2.45) is 5.73 Å². The van der Waals surface area contributed by atoms with E-state index in [1.807, 2.05) is 19.1 Å². The highest BCUT2D eigenvalue weighted by Gasteiger charge is 2.10. The molecule has 0 atom stereocenters. The van der Waals surface area contributed by atoms with Crippen molar-refractivity contribution in [3.8, 4) is 0 Å². The monoisotopic (exact) mass is 253 g/mol. The Bertz CT molecular complexity index is 516. The number of nitrogens with two attached hydrogens (primary N) is 1. The lowest BCUT2D eigenvalue weighted by Crippen LogP contribution is -2.08. The van der Waals surface area contributed by atoms with Gasteiger partial charge >= 0.3 is 0 Å². The number of hydrogen-bond acceptors (Lipinski definition) is 2. The molecule has 0 aliphatic carbocycles. The third-order valence-corrected chi connectivity index (χ3v) is 2.55. The van der Waals surface area contributed by atoms with Crippen LogP contribution in [0.25, 0.3) is 11.0 Å². The quantitative estimate of drug-likeness (QED) is 0.850. The van der Waals surface area contributed by atoms with Crippen LogP contribution in [-0.2, 0) is 0 Å². The molecule has 1 aromatic carbocycles. The summed E-state index contributed by atoms with van der Waals surface area (Å²) in [5, 5.41) is 0.880. The predicted octanol–water partition coefficient (Wildman–Crippen LogP) is 2.60. The van der Waals surface area contributed by atoms with Crippen LogP contribution in [0.3, 0.4) is 0 Å². The van der Waals surface area contributed by atoms with Gasteiger partial charge in [0.05, 0.1) is 4.47 Å². The third-order valence-electron chi connectivity index (χ3n) is 1.96. The summed E-state index contributed by atoms with van der Waals surface area (Å²) in [6.07, 6.45) is 0. The first-order chi connectivity index (χ1) is 6.58. The van der Waals surface area contributed by atoms with E-state index in [-0.39, 0.29) is 5.76 Å². The van der Waals surface area contributed by atoms with Gasteiger partial charge in [-0.25, -0.2) is 0 Å². The second-order valence-electron chi connectivity index (χ2n) is 3.14. The molecule has 3 nitrogen and oxygen atoms in total. The molecule has 2 N–H and O–H groups in total. The van der Waals surface area contributed by atoms with Crippen molar-refractivity contribution >= 4 is 32.8 Å². The van der Waals surface area contributed by atoms with Crippen LogP contribution in [0.15, 0.2) is 27.1 Å². The number of fused-ring (bicyclic) bond motifs is 1. The fourth-order valence-corrected chi connectivity index (χ4v) is 2.04. The second-order valence-corrected chi connectivity index (χ2v) is 3.99. The molecule has 72 valence electrons. The zero-order valence-corrected chi connectivity index (χ0v) is 9.09. The lowest BCUT2D eigenvalue weighted by Gasteiger charge is -1.94. The highest BCUT2D eigenvalue weighted by molar-refractivity contribution is 9.10. The molecule has 0 spiro atoms. The topological polar surface area (TPSA) is 56.2 Å². The van der Waals surface area contributed by atoms with Crippen molar-refractivity contribution in [1.29, 1.82) is 0 Å². The number of rotatable bonds is 1. The Balaban J connectivity index is 2.76. The van der Waals surface area contributed by atoms with Crippen molar-refractivity contribution < 1.29 is 9.21 Å². The summed E-state index contributed by atoms with van der Waals surface area (Å²) < 4.78 is 6.13. The van der Waals surface area contributed by atoms with Gasteiger partial charge in [0.2, 0.25) is 0 Å². The van der Waals surface area contributed by atoms with Gasteiger partial charge in [0.15, 0.2) is 5.76 Å². The van der Waals surface area contributed by atoms with E-state index in [1.165, 1.54) is 0 Å². The summed E-state index contributed by atoms with van der Waals surface area (Å²) in [6.45, 7) is 1.97. The fourth-order valence-electron chi connectivity index (χ4n) is 1.37. The number of primary amides is 1. The van der Waals surface area contributed by atoms with Crippen molar-refractivity contribution in [3.05, 3.63) is 34.0 Å². The minimum atomic E-state index is -0.550. The summed E-state index contributed by atoms with van der Waals surface area (Å²) in [7, 11) is 0. The number of amides is 1. The molecular weight excluding hydrogens is 246 g/mol. The fraction of sp³-hybridized carbons (Fsp3) is 0.100. The zero-order chi connectivity index (χ0) is 10.3. The number of hydrogen-bond donors (Lipinski definition) is 1. The first-order valence-corrected chi connectivity index (χ1v) is 4.87. The van der Waals surface area contributed by atoms with Gasteiger partial charge < -0.3 is 10.2 Å². The van der Waals surface area contributed by atoms with E-state index in [1.54, 1.807) is 6.07 Å². The molecule has 0 radical (unpaired) electrons. The van der Waals surface area contributed by atoms with Crippen LogP contribution >= 0.6 is 15.9 Å². The van der Waals surface area contributed by atoms with E-state index < -0.39 is 5.91 Å². The van der Waals surface area contributed by atoms with Gasteiger partial charge in [0.25, 0.3) is 5.91 Å². The van der Waals surface area contributed by atoms with Crippen molar-refractivity contribution in [2.75, 3.05) is 0 Å². The summed E-state index contributed by atoms with van der Waals surface area (Å²) >= 11 is 3.36. The van der Waals surface area contributed by atoms with Crippen molar-refractivity contribution in [2.45, 2.75) is 6.92 Å². The van der Waals surface area contributed by atoms with Gasteiger partial charge in [-0.1, -0.05) is 0 Å². The number of halogens is 1. The molecule has 4 heteroatoms. The number of furan rings is 1. The third kappa shape index (κ3) is 1.42. The molecule has 0 unspecified atom stereocenters. The van der Waals surface area contributed by atoms with Crippen LogP contribution in [-0.4, -0.2) is 5.91 Å². The van der Waals surface area contributed by atoms with Gasteiger partial charge in [-0.2, -0.15) is 0 Å².